The molecule has 0 aromatic heterocycles. The van der Waals surface area contributed by atoms with Crippen molar-refractivity contribution in [1.29, 1.82) is 0 Å². The van der Waals surface area contributed by atoms with Crippen LogP contribution in [0.4, 0.5) is 0 Å². The first-order valence-electron chi connectivity index (χ1n) is 5.06. The Kier molecular flexibility index (Phi) is 4.05. The van der Waals surface area contributed by atoms with E-state index < -0.39 is 0 Å². The second-order valence-corrected chi connectivity index (χ2v) is 5.05. The van der Waals surface area contributed by atoms with E-state index in [0.717, 1.165) is 0 Å². The number of phenolic OH excluding ortho intramolecular Hbond substituents is 1. The van der Waals surface area contributed by atoms with Gasteiger partial charge in [0, 0.05) is 17.7 Å². The van der Waals surface area contributed by atoms with Crippen LogP contribution in [0, 0.1) is 5.41 Å². The highest BCUT2D eigenvalue weighted by molar-refractivity contribution is 6.30. The molecule has 0 saturated carbocycles. The third-order valence-electron chi connectivity index (χ3n) is 2.44. The van der Waals surface area contributed by atoms with Crippen molar-refractivity contribution >= 4 is 11.6 Å². The van der Waals surface area contributed by atoms with Crippen molar-refractivity contribution in [3.05, 3.63) is 22.7 Å². The van der Waals surface area contributed by atoms with E-state index in [0.29, 0.717) is 22.8 Å². The lowest BCUT2D eigenvalue weighted by molar-refractivity contribution is 0.158. The third-order valence-corrected chi connectivity index (χ3v) is 2.65. The standard InChI is InChI=1S/C12H17ClO3/c1-12(2,7-14)6-8-4-9(13)5-10(16-3)11(8)15/h4-5,14-15H,6-7H2,1-3H3. The fourth-order valence-corrected chi connectivity index (χ4v) is 1.72. The molecule has 0 bridgehead atoms. The van der Waals surface area contributed by atoms with E-state index in [4.69, 9.17) is 16.3 Å². The van der Waals surface area contributed by atoms with Crippen LogP contribution < -0.4 is 4.74 Å². The molecule has 2 N–H and O–H groups in total. The summed E-state index contributed by atoms with van der Waals surface area (Å²) in [5.74, 6) is 0.449. The van der Waals surface area contributed by atoms with E-state index in [2.05, 4.69) is 0 Å². The summed E-state index contributed by atoms with van der Waals surface area (Å²) in [6.07, 6.45) is 0.534. The second-order valence-electron chi connectivity index (χ2n) is 4.61. The molecule has 0 saturated heterocycles. The Hall–Kier alpha value is -0.930. The molecule has 0 atom stereocenters. The van der Waals surface area contributed by atoms with E-state index in [9.17, 15) is 10.2 Å². The molecule has 0 aliphatic carbocycles. The molecule has 0 spiro atoms. The van der Waals surface area contributed by atoms with Crippen molar-refractivity contribution in [2.45, 2.75) is 20.3 Å². The highest BCUT2D eigenvalue weighted by Gasteiger charge is 2.21. The van der Waals surface area contributed by atoms with Crippen molar-refractivity contribution in [3.8, 4) is 11.5 Å². The number of benzene rings is 1. The lowest BCUT2D eigenvalue weighted by atomic mass is 9.86. The summed E-state index contributed by atoms with van der Waals surface area (Å²) in [7, 11) is 1.48. The average molecular weight is 245 g/mol. The maximum absolute atomic E-state index is 9.91. The van der Waals surface area contributed by atoms with Gasteiger partial charge in [0.15, 0.2) is 11.5 Å². The van der Waals surface area contributed by atoms with E-state index >= 15 is 0 Å². The first-order chi connectivity index (χ1) is 7.39. The Bertz CT molecular complexity index is 375. The minimum absolute atomic E-state index is 0.0429. The highest BCUT2D eigenvalue weighted by atomic mass is 35.5. The molecule has 0 fully saturated rings. The summed E-state index contributed by atoms with van der Waals surface area (Å²) >= 11 is 5.92. The average Bonchev–Trinajstić information content (AvgIpc) is 2.22. The molecule has 1 aromatic rings. The fourth-order valence-electron chi connectivity index (χ4n) is 1.49. The van der Waals surface area contributed by atoms with Gasteiger partial charge in [0.1, 0.15) is 0 Å². The van der Waals surface area contributed by atoms with Gasteiger partial charge >= 0.3 is 0 Å². The lowest BCUT2D eigenvalue weighted by Crippen LogP contribution is -2.19. The molecule has 1 rings (SSSR count). The number of aromatic hydroxyl groups is 1. The van der Waals surface area contributed by atoms with E-state index in [1.165, 1.54) is 7.11 Å². The second kappa shape index (κ2) is 4.93. The summed E-state index contributed by atoms with van der Waals surface area (Å²) in [4.78, 5) is 0. The van der Waals surface area contributed by atoms with Crippen LogP contribution in [0.3, 0.4) is 0 Å². The minimum Gasteiger partial charge on any atom is -0.504 e. The summed E-state index contributed by atoms with van der Waals surface area (Å²) < 4.78 is 5.02. The number of halogens is 1. The van der Waals surface area contributed by atoms with Crippen LogP contribution in [0.15, 0.2) is 12.1 Å². The molecule has 0 heterocycles. The smallest absolute Gasteiger partial charge is 0.162 e. The summed E-state index contributed by atoms with van der Waals surface area (Å²) in [6.45, 7) is 3.88. The highest BCUT2D eigenvalue weighted by Crippen LogP contribution is 2.36. The first kappa shape index (κ1) is 13.1. The van der Waals surface area contributed by atoms with Crippen molar-refractivity contribution in [2.24, 2.45) is 5.41 Å². The van der Waals surface area contributed by atoms with E-state index in [1.54, 1.807) is 12.1 Å². The van der Waals surface area contributed by atoms with Gasteiger partial charge in [-0.3, -0.25) is 0 Å². The Morgan fingerprint density at radius 2 is 2.00 bits per heavy atom. The topological polar surface area (TPSA) is 49.7 Å². The monoisotopic (exact) mass is 244 g/mol. The van der Waals surface area contributed by atoms with Crippen LogP contribution in [0.2, 0.25) is 5.02 Å². The van der Waals surface area contributed by atoms with Crippen LogP contribution in [0.5, 0.6) is 11.5 Å². The molecule has 1 aromatic carbocycles. The number of aliphatic hydroxyl groups excluding tert-OH is 1. The van der Waals surface area contributed by atoms with Gasteiger partial charge in [-0.1, -0.05) is 25.4 Å². The molecular weight excluding hydrogens is 228 g/mol. The number of ether oxygens (including phenoxy) is 1. The van der Waals surface area contributed by atoms with Crippen LogP contribution in [-0.2, 0) is 6.42 Å². The minimum atomic E-state index is -0.298. The maximum Gasteiger partial charge on any atom is 0.162 e. The van der Waals surface area contributed by atoms with E-state index in [1.807, 2.05) is 13.8 Å². The van der Waals surface area contributed by atoms with Crippen molar-refractivity contribution in [3.63, 3.8) is 0 Å². The van der Waals surface area contributed by atoms with Gasteiger partial charge in [-0.15, -0.1) is 0 Å². The maximum atomic E-state index is 9.91. The van der Waals surface area contributed by atoms with E-state index in [-0.39, 0.29) is 17.8 Å². The zero-order valence-electron chi connectivity index (χ0n) is 9.75. The van der Waals surface area contributed by atoms with Crippen LogP contribution >= 0.6 is 11.6 Å². The van der Waals surface area contributed by atoms with Gasteiger partial charge in [0.05, 0.1) is 7.11 Å². The predicted octanol–water partition coefficient (Wildman–Crippen LogP) is 2.62. The molecule has 0 amide bonds. The largest absolute Gasteiger partial charge is 0.504 e. The lowest BCUT2D eigenvalue weighted by Gasteiger charge is -2.22. The SMILES string of the molecule is COc1cc(Cl)cc(CC(C)(C)CO)c1O. The zero-order chi connectivity index (χ0) is 12.3. The van der Waals surface area contributed by atoms with Gasteiger partial charge in [-0.05, 0) is 23.5 Å². The first-order valence-corrected chi connectivity index (χ1v) is 5.43. The Morgan fingerprint density at radius 3 is 2.50 bits per heavy atom. The molecule has 4 heteroatoms. The molecule has 0 radical (unpaired) electrons. The third kappa shape index (κ3) is 3.03. The van der Waals surface area contributed by atoms with Crippen molar-refractivity contribution in [2.75, 3.05) is 13.7 Å². The number of phenols is 1. The van der Waals surface area contributed by atoms with Crippen molar-refractivity contribution < 1.29 is 14.9 Å². The number of rotatable bonds is 4. The number of hydrogen-bond acceptors (Lipinski definition) is 3. The Balaban J connectivity index is 3.09. The molecule has 0 aliphatic rings. The van der Waals surface area contributed by atoms with Gasteiger partial charge in [0.25, 0.3) is 0 Å². The molecule has 16 heavy (non-hydrogen) atoms. The van der Waals surface area contributed by atoms with Gasteiger partial charge in [-0.25, -0.2) is 0 Å². The molecule has 0 aliphatic heterocycles. The number of aliphatic hydroxyl groups is 1. The normalized spacial score (nSPS) is 11.6. The molecule has 90 valence electrons. The van der Waals surface area contributed by atoms with Gasteiger partial charge in [-0.2, -0.15) is 0 Å². The van der Waals surface area contributed by atoms with Gasteiger partial charge in [0.2, 0.25) is 0 Å². The molecule has 0 unspecified atom stereocenters. The fraction of sp³-hybridized carbons (Fsp3) is 0.500. The Morgan fingerprint density at radius 1 is 1.38 bits per heavy atom. The summed E-state index contributed by atoms with van der Waals surface area (Å²) in [6, 6.07) is 3.25. The Labute approximate surface area is 101 Å². The summed E-state index contributed by atoms with van der Waals surface area (Å²) in [5, 5.41) is 19.6. The summed E-state index contributed by atoms with van der Waals surface area (Å²) in [5.41, 5.74) is 0.385. The predicted molar refractivity (Wildman–Crippen MR) is 64.2 cm³/mol. The molecular formula is C12H17ClO3. The van der Waals surface area contributed by atoms with Crippen LogP contribution in [0.1, 0.15) is 19.4 Å². The quantitative estimate of drug-likeness (QED) is 0.856. The van der Waals surface area contributed by atoms with Crippen molar-refractivity contribution in [1.82, 2.24) is 0 Å². The van der Waals surface area contributed by atoms with Gasteiger partial charge < -0.3 is 14.9 Å². The van der Waals surface area contributed by atoms with Crippen LogP contribution in [0.25, 0.3) is 0 Å². The number of methoxy groups -OCH3 is 1. The zero-order valence-corrected chi connectivity index (χ0v) is 10.5. The number of hydrogen-bond donors (Lipinski definition) is 2. The van der Waals surface area contributed by atoms with Crippen LogP contribution in [-0.4, -0.2) is 23.9 Å². The molecule has 3 nitrogen and oxygen atoms in total.